The zero-order valence-electron chi connectivity index (χ0n) is 18.6. The van der Waals surface area contributed by atoms with Gasteiger partial charge >= 0.3 is 11.9 Å². The van der Waals surface area contributed by atoms with E-state index in [9.17, 15) is 19.1 Å². The molecule has 170 valence electrons. The summed E-state index contributed by atoms with van der Waals surface area (Å²) in [6.07, 6.45) is 6.20. The number of carbonyl (C=O) groups excluding carboxylic acids is 1. The maximum Gasteiger partial charge on any atom is 0.337 e. The summed E-state index contributed by atoms with van der Waals surface area (Å²) in [6, 6.07) is 10.4. The van der Waals surface area contributed by atoms with Gasteiger partial charge in [0.15, 0.2) is 0 Å². The van der Waals surface area contributed by atoms with Crippen LogP contribution in [0, 0.1) is 11.2 Å². The van der Waals surface area contributed by atoms with Gasteiger partial charge in [0, 0.05) is 28.9 Å². The molecule has 5 nitrogen and oxygen atoms in total. The van der Waals surface area contributed by atoms with E-state index in [1.54, 1.807) is 6.07 Å². The molecule has 33 heavy (non-hydrogen) atoms. The van der Waals surface area contributed by atoms with E-state index >= 15 is 0 Å². The van der Waals surface area contributed by atoms with Gasteiger partial charge in [-0.15, -0.1) is 0 Å². The zero-order valence-corrected chi connectivity index (χ0v) is 18.6. The molecule has 2 aromatic carbocycles. The molecule has 1 N–H and O–H groups in total. The van der Waals surface area contributed by atoms with Crippen molar-refractivity contribution in [2.45, 2.75) is 56.9 Å². The Kier molecular flexibility index (Phi) is 4.45. The van der Waals surface area contributed by atoms with Crippen molar-refractivity contribution in [2.75, 3.05) is 7.11 Å². The minimum Gasteiger partial charge on any atom is -0.481 e. The highest BCUT2D eigenvalue weighted by molar-refractivity contribution is 5.99. The number of hydrogen-bond donors (Lipinski definition) is 1. The maximum absolute atomic E-state index is 14.4. The number of rotatable bonds is 3. The average molecular weight is 448 g/mol. The van der Waals surface area contributed by atoms with Crippen molar-refractivity contribution in [3.05, 3.63) is 58.9 Å². The topological polar surface area (TPSA) is 68.5 Å². The molecular weight excluding hydrogens is 421 g/mol. The largest absolute Gasteiger partial charge is 0.481 e. The van der Waals surface area contributed by atoms with Gasteiger partial charge in [-0.05, 0) is 66.6 Å². The fourth-order valence-electron chi connectivity index (χ4n) is 6.39. The molecule has 0 spiro atoms. The number of aromatic nitrogens is 1. The smallest absolute Gasteiger partial charge is 0.337 e. The number of carboxylic acids is 1. The van der Waals surface area contributed by atoms with E-state index < -0.39 is 17.4 Å². The van der Waals surface area contributed by atoms with Gasteiger partial charge < -0.3 is 14.4 Å². The number of hydrogen-bond acceptors (Lipinski definition) is 3. The second-order valence-electron chi connectivity index (χ2n) is 9.86. The molecule has 6 rings (SSSR count). The van der Waals surface area contributed by atoms with Gasteiger partial charge in [-0.2, -0.15) is 0 Å². The predicted octanol–water partition coefficient (Wildman–Crippen LogP) is 5.85. The monoisotopic (exact) mass is 447 g/mol. The highest BCUT2D eigenvalue weighted by Gasteiger charge is 2.63. The summed E-state index contributed by atoms with van der Waals surface area (Å²) >= 11 is 0. The molecule has 0 bridgehead atoms. The SMILES string of the molecule is COC(=O)c1ccc2c(C3CCCCC3)c3n(c2c1)C[C@]1(C(=O)O)C[C@@H]1c1cc(F)ccc1-3. The quantitative estimate of drug-likeness (QED) is 0.511. The standard InChI is InChI=1S/C27H26FNO4/c1-33-25(30)16-7-9-19-22(11-16)29-14-27(26(31)32)13-21(27)20-12-17(28)8-10-18(20)24(29)23(19)15-5-3-2-4-6-15/h7-12,15,21H,2-6,13-14H2,1H3,(H,31,32)/t21-,27-/m1/s1. The first-order chi connectivity index (χ1) is 15.9. The Hall–Kier alpha value is -3.15. The summed E-state index contributed by atoms with van der Waals surface area (Å²) in [5, 5.41) is 11.3. The van der Waals surface area contributed by atoms with Crippen LogP contribution in [0.15, 0.2) is 36.4 Å². The van der Waals surface area contributed by atoms with Crippen LogP contribution < -0.4 is 0 Å². The molecule has 0 saturated heterocycles. The fraction of sp³-hybridized carbons (Fsp3) is 0.407. The summed E-state index contributed by atoms with van der Waals surface area (Å²) < 4.78 is 21.4. The molecule has 2 aliphatic carbocycles. The number of benzene rings is 2. The molecule has 1 aromatic heterocycles. The van der Waals surface area contributed by atoms with E-state index in [2.05, 4.69) is 4.57 Å². The van der Waals surface area contributed by atoms with Crippen LogP contribution in [0.5, 0.6) is 0 Å². The number of ether oxygens (including phenoxy) is 1. The Morgan fingerprint density at radius 3 is 2.64 bits per heavy atom. The Balaban J connectivity index is 1.69. The van der Waals surface area contributed by atoms with Gasteiger partial charge in [-0.25, -0.2) is 9.18 Å². The second kappa shape index (κ2) is 7.17. The van der Waals surface area contributed by atoms with Crippen molar-refractivity contribution >= 4 is 22.8 Å². The number of carbonyl (C=O) groups is 2. The number of methoxy groups -OCH3 is 1. The number of esters is 1. The highest BCUT2D eigenvalue weighted by Crippen LogP contribution is 2.65. The zero-order chi connectivity index (χ0) is 22.9. The van der Waals surface area contributed by atoms with Crippen molar-refractivity contribution in [3.63, 3.8) is 0 Å². The third-order valence-electron chi connectivity index (χ3n) is 8.12. The van der Waals surface area contributed by atoms with E-state index in [1.807, 2.05) is 18.2 Å². The predicted molar refractivity (Wildman–Crippen MR) is 122 cm³/mol. The lowest BCUT2D eigenvalue weighted by Gasteiger charge is -2.24. The molecule has 6 heteroatoms. The second-order valence-corrected chi connectivity index (χ2v) is 9.86. The van der Waals surface area contributed by atoms with E-state index in [1.165, 1.54) is 31.2 Å². The van der Waals surface area contributed by atoms with Gasteiger partial charge in [-0.1, -0.05) is 25.3 Å². The Bertz CT molecular complexity index is 1320. The molecule has 2 heterocycles. The van der Waals surface area contributed by atoms with Crippen LogP contribution in [0.2, 0.25) is 0 Å². The fourth-order valence-corrected chi connectivity index (χ4v) is 6.39. The number of halogens is 1. The molecule has 1 aliphatic heterocycles. The van der Waals surface area contributed by atoms with Crippen LogP contribution in [0.3, 0.4) is 0 Å². The van der Waals surface area contributed by atoms with Crippen LogP contribution in [0.4, 0.5) is 4.39 Å². The number of carboxylic acid groups (broad SMARTS) is 1. The lowest BCUT2D eigenvalue weighted by molar-refractivity contribution is -0.144. The summed E-state index contributed by atoms with van der Waals surface area (Å²) in [5.74, 6) is -1.45. The molecule has 2 fully saturated rings. The third-order valence-corrected chi connectivity index (χ3v) is 8.12. The Labute approximate surface area is 191 Å². The molecule has 0 amide bonds. The van der Waals surface area contributed by atoms with Crippen molar-refractivity contribution in [1.29, 1.82) is 0 Å². The van der Waals surface area contributed by atoms with Gasteiger partial charge in [0.2, 0.25) is 0 Å². The van der Waals surface area contributed by atoms with E-state index in [4.69, 9.17) is 4.74 Å². The Morgan fingerprint density at radius 1 is 1.12 bits per heavy atom. The van der Waals surface area contributed by atoms with E-state index in [0.29, 0.717) is 24.4 Å². The summed E-state index contributed by atoms with van der Waals surface area (Å²) in [4.78, 5) is 24.8. The summed E-state index contributed by atoms with van der Waals surface area (Å²) in [7, 11) is 1.36. The van der Waals surface area contributed by atoms with Gasteiger partial charge in [0.25, 0.3) is 0 Å². The van der Waals surface area contributed by atoms with Crippen LogP contribution in [-0.2, 0) is 16.1 Å². The molecule has 0 radical (unpaired) electrons. The average Bonchev–Trinajstić information content (AvgIpc) is 3.50. The van der Waals surface area contributed by atoms with Crippen LogP contribution >= 0.6 is 0 Å². The van der Waals surface area contributed by atoms with Crippen LogP contribution in [0.25, 0.3) is 22.2 Å². The van der Waals surface area contributed by atoms with Gasteiger partial charge in [0.1, 0.15) is 5.82 Å². The lowest BCUT2D eigenvalue weighted by Crippen LogP contribution is -2.22. The first-order valence-electron chi connectivity index (χ1n) is 11.7. The van der Waals surface area contributed by atoms with Gasteiger partial charge in [-0.3, -0.25) is 4.79 Å². The van der Waals surface area contributed by atoms with Crippen molar-refractivity contribution in [3.8, 4) is 11.3 Å². The minimum absolute atomic E-state index is 0.210. The highest BCUT2D eigenvalue weighted by atomic mass is 19.1. The molecule has 2 saturated carbocycles. The molecule has 0 unspecified atom stereocenters. The first kappa shape index (κ1) is 20.5. The van der Waals surface area contributed by atoms with Crippen molar-refractivity contribution in [2.24, 2.45) is 5.41 Å². The maximum atomic E-state index is 14.4. The van der Waals surface area contributed by atoms with Crippen molar-refractivity contribution < 1.29 is 23.8 Å². The van der Waals surface area contributed by atoms with Crippen LogP contribution in [-0.4, -0.2) is 28.7 Å². The number of nitrogens with zero attached hydrogens (tertiary/aromatic N) is 1. The van der Waals surface area contributed by atoms with Gasteiger partial charge in [0.05, 0.1) is 23.8 Å². The molecule has 2 atom stereocenters. The number of fused-ring (bicyclic) bond motifs is 7. The normalized spacial score (nSPS) is 23.9. The molecule has 3 aliphatic rings. The van der Waals surface area contributed by atoms with Crippen molar-refractivity contribution in [1.82, 2.24) is 4.57 Å². The van der Waals surface area contributed by atoms with E-state index in [0.717, 1.165) is 53.4 Å². The number of aliphatic carboxylic acids is 1. The first-order valence-corrected chi connectivity index (χ1v) is 11.7. The summed E-state index contributed by atoms with van der Waals surface area (Å²) in [5.41, 5.74) is 4.29. The molecular formula is C27H26FNO4. The summed E-state index contributed by atoms with van der Waals surface area (Å²) in [6.45, 7) is 0.312. The van der Waals surface area contributed by atoms with Crippen LogP contribution in [0.1, 0.15) is 71.8 Å². The third kappa shape index (κ3) is 2.89. The Morgan fingerprint density at radius 2 is 1.91 bits per heavy atom. The minimum atomic E-state index is -0.954. The lowest BCUT2D eigenvalue weighted by atomic mass is 9.81. The van der Waals surface area contributed by atoms with E-state index in [-0.39, 0.29) is 11.7 Å². The molecule has 3 aromatic rings.